The molecule has 2 aromatic carbocycles. The molecule has 6 rings (SSSR count). The molecule has 3 atom stereocenters. The number of benzene rings is 2. The highest BCUT2D eigenvalue weighted by molar-refractivity contribution is 5.89. The molecular weight excluding hydrogens is 472 g/mol. The number of ether oxygens (including phenoxy) is 1. The van der Waals surface area contributed by atoms with Gasteiger partial charge in [0.05, 0.1) is 35.2 Å². The first-order valence-corrected chi connectivity index (χ1v) is 12.0. The van der Waals surface area contributed by atoms with Gasteiger partial charge in [0.1, 0.15) is 0 Å². The van der Waals surface area contributed by atoms with Crippen LogP contribution in [0.25, 0.3) is 22.3 Å². The van der Waals surface area contributed by atoms with Crippen LogP contribution in [-0.4, -0.2) is 26.8 Å². The van der Waals surface area contributed by atoms with Crippen molar-refractivity contribution in [3.8, 4) is 11.4 Å². The number of hydrogen-bond donors (Lipinski definition) is 2. The first-order chi connectivity index (χ1) is 17.9. The number of esters is 1. The van der Waals surface area contributed by atoms with Crippen LogP contribution >= 0.6 is 0 Å². The monoisotopic (exact) mass is 496 g/mol. The van der Waals surface area contributed by atoms with Crippen LogP contribution in [-0.2, 0) is 26.5 Å². The Morgan fingerprint density at radius 2 is 1.97 bits per heavy atom. The summed E-state index contributed by atoms with van der Waals surface area (Å²) >= 11 is 0. The maximum absolute atomic E-state index is 13.8. The summed E-state index contributed by atoms with van der Waals surface area (Å²) < 4.78 is 7.08. The van der Waals surface area contributed by atoms with Crippen molar-refractivity contribution >= 4 is 23.1 Å². The molecule has 9 heteroatoms. The zero-order chi connectivity index (χ0) is 25.7. The first kappa shape index (κ1) is 23.1. The molecule has 0 aliphatic carbocycles. The van der Waals surface area contributed by atoms with Crippen molar-refractivity contribution in [1.29, 1.82) is 0 Å². The fraction of sp³-hybridized carbons (Fsp3) is 0.214. The van der Waals surface area contributed by atoms with Crippen molar-refractivity contribution < 1.29 is 19.5 Å². The average molecular weight is 497 g/mol. The molecule has 3 N–H and O–H groups in total. The van der Waals surface area contributed by atoms with E-state index < -0.39 is 29.5 Å². The molecule has 2 aliphatic heterocycles. The molecular formula is C28H24N4O5. The van der Waals surface area contributed by atoms with Gasteiger partial charge in [-0.15, -0.1) is 0 Å². The molecule has 0 spiro atoms. The highest BCUT2D eigenvalue weighted by atomic mass is 16.6. The Bertz CT molecular complexity index is 1630. The molecule has 37 heavy (non-hydrogen) atoms. The third-order valence-corrected chi connectivity index (χ3v) is 7.02. The molecule has 0 amide bonds. The number of rotatable bonds is 5. The highest BCUT2D eigenvalue weighted by Gasteiger charge is 2.48. The average Bonchev–Trinajstić information content (AvgIpc) is 3.28. The van der Waals surface area contributed by atoms with E-state index in [1.165, 1.54) is 6.21 Å². The highest BCUT2D eigenvalue weighted by Crippen LogP contribution is 2.41. The van der Waals surface area contributed by atoms with Crippen molar-refractivity contribution in [2.45, 2.75) is 37.8 Å². The van der Waals surface area contributed by atoms with Gasteiger partial charge in [-0.05, 0) is 24.6 Å². The van der Waals surface area contributed by atoms with Gasteiger partial charge in [0.2, 0.25) is 6.23 Å². The zero-order valence-corrected chi connectivity index (χ0v) is 20.0. The Morgan fingerprint density at radius 1 is 1.22 bits per heavy atom. The molecule has 0 fully saturated rings. The van der Waals surface area contributed by atoms with Gasteiger partial charge in [-0.2, -0.15) is 0 Å². The molecule has 9 nitrogen and oxygen atoms in total. The molecule has 2 aliphatic rings. The summed E-state index contributed by atoms with van der Waals surface area (Å²) in [4.78, 5) is 36.9. The molecule has 0 saturated carbocycles. The number of para-hydroxylation sites is 1. The number of aromatic nitrogens is 2. The number of carbonyl (C=O) groups is 1. The molecule has 4 aromatic rings. The zero-order valence-electron chi connectivity index (χ0n) is 20.0. The maximum atomic E-state index is 13.8. The van der Waals surface area contributed by atoms with Crippen LogP contribution in [0.2, 0.25) is 0 Å². The SMILES string of the molecule is CC[C@@]1(O)C(=O)OC(/C=N/OC(N)c2ccccc2)c2c1cc1n(c2=O)Cc2cc3ccccc3nc2-1. The van der Waals surface area contributed by atoms with E-state index in [-0.39, 0.29) is 17.5 Å². The van der Waals surface area contributed by atoms with Gasteiger partial charge in [-0.1, -0.05) is 60.6 Å². The summed E-state index contributed by atoms with van der Waals surface area (Å²) in [6, 6.07) is 20.5. The summed E-state index contributed by atoms with van der Waals surface area (Å²) in [5.41, 5.74) is 7.56. The van der Waals surface area contributed by atoms with Gasteiger partial charge in [0.15, 0.2) is 11.7 Å². The quantitative estimate of drug-likeness (QED) is 0.165. The fourth-order valence-corrected chi connectivity index (χ4v) is 4.99. The smallest absolute Gasteiger partial charge is 0.343 e. The Hall–Kier alpha value is -4.34. The maximum Gasteiger partial charge on any atom is 0.343 e. The number of cyclic esters (lactones) is 1. The van der Waals surface area contributed by atoms with E-state index in [1.807, 2.05) is 48.5 Å². The van der Waals surface area contributed by atoms with E-state index in [9.17, 15) is 14.7 Å². The number of carbonyl (C=O) groups excluding carboxylic acids is 1. The van der Waals surface area contributed by atoms with Crippen LogP contribution in [0.4, 0.5) is 0 Å². The van der Waals surface area contributed by atoms with Crippen LogP contribution in [0.1, 0.15) is 47.9 Å². The molecule has 2 aromatic heterocycles. The van der Waals surface area contributed by atoms with Gasteiger partial charge >= 0.3 is 5.97 Å². The van der Waals surface area contributed by atoms with Crippen LogP contribution in [0.3, 0.4) is 0 Å². The largest absolute Gasteiger partial charge is 0.449 e. The van der Waals surface area contributed by atoms with Crippen molar-refractivity contribution in [1.82, 2.24) is 9.55 Å². The molecule has 0 bridgehead atoms. The Balaban J connectivity index is 1.43. The van der Waals surface area contributed by atoms with Crippen LogP contribution in [0.15, 0.2) is 76.7 Å². The van der Waals surface area contributed by atoms with Gasteiger partial charge in [-0.3, -0.25) is 10.5 Å². The van der Waals surface area contributed by atoms with E-state index >= 15 is 0 Å². The van der Waals surface area contributed by atoms with Crippen molar-refractivity contribution in [2.75, 3.05) is 0 Å². The lowest BCUT2D eigenvalue weighted by molar-refractivity contribution is -0.174. The Kier molecular flexibility index (Phi) is 5.40. The number of nitrogens with two attached hydrogens (primary N) is 1. The molecule has 2 unspecified atom stereocenters. The standard InChI is InChI=1S/C28H24N4O5/c1-2-28(35)19-13-21-24-18(12-17-10-6-7-11-20(17)31-24)15-32(21)26(33)23(19)22(36-27(28)34)14-30-37-25(29)16-8-4-3-5-9-16/h3-14,22,25,35H,2,15,29H2,1H3/b30-14+/t22?,25?,28-/m0/s1. The van der Waals surface area contributed by atoms with Crippen LogP contribution < -0.4 is 11.3 Å². The molecule has 0 radical (unpaired) electrons. The van der Waals surface area contributed by atoms with E-state index in [4.69, 9.17) is 20.3 Å². The van der Waals surface area contributed by atoms with Gasteiger partial charge in [-0.25, -0.2) is 9.78 Å². The Labute approximate surface area is 211 Å². The minimum atomic E-state index is -1.98. The fourth-order valence-electron chi connectivity index (χ4n) is 4.99. The minimum absolute atomic E-state index is 0.0268. The van der Waals surface area contributed by atoms with E-state index in [0.717, 1.165) is 16.5 Å². The van der Waals surface area contributed by atoms with E-state index in [0.29, 0.717) is 23.5 Å². The third kappa shape index (κ3) is 3.62. The summed E-state index contributed by atoms with van der Waals surface area (Å²) in [5.74, 6) is -0.861. The molecule has 186 valence electrons. The normalized spacial score (nSPS) is 20.8. The van der Waals surface area contributed by atoms with E-state index in [2.05, 4.69) is 5.16 Å². The number of nitrogens with zero attached hydrogens (tertiary/aromatic N) is 3. The molecule has 4 heterocycles. The number of oxime groups is 1. The van der Waals surface area contributed by atoms with E-state index in [1.54, 1.807) is 29.7 Å². The number of fused-ring (bicyclic) bond motifs is 5. The van der Waals surface area contributed by atoms with Crippen molar-refractivity contribution in [3.05, 3.63) is 99.3 Å². The summed E-state index contributed by atoms with van der Waals surface area (Å²) in [5, 5.41) is 16.2. The number of hydrogen-bond acceptors (Lipinski definition) is 8. The lowest BCUT2D eigenvalue weighted by Gasteiger charge is -2.34. The minimum Gasteiger partial charge on any atom is -0.449 e. The van der Waals surface area contributed by atoms with Crippen molar-refractivity contribution in [3.63, 3.8) is 0 Å². The summed E-state index contributed by atoms with van der Waals surface area (Å²) in [6.07, 6.45) is -0.755. The second-order valence-electron chi connectivity index (χ2n) is 9.17. The Morgan fingerprint density at radius 3 is 2.76 bits per heavy atom. The summed E-state index contributed by atoms with van der Waals surface area (Å²) in [6.45, 7) is 1.97. The molecule has 0 saturated heterocycles. The summed E-state index contributed by atoms with van der Waals surface area (Å²) in [7, 11) is 0. The predicted molar refractivity (Wildman–Crippen MR) is 137 cm³/mol. The number of pyridine rings is 2. The lowest BCUT2D eigenvalue weighted by atomic mass is 9.83. The van der Waals surface area contributed by atoms with Crippen molar-refractivity contribution in [2.24, 2.45) is 10.9 Å². The second-order valence-corrected chi connectivity index (χ2v) is 9.17. The first-order valence-electron chi connectivity index (χ1n) is 12.0. The number of aliphatic hydroxyl groups is 1. The van der Waals surface area contributed by atoms with Crippen LogP contribution in [0, 0.1) is 0 Å². The van der Waals surface area contributed by atoms with Gasteiger partial charge in [0.25, 0.3) is 5.56 Å². The predicted octanol–water partition coefficient (Wildman–Crippen LogP) is 3.28. The van der Waals surface area contributed by atoms with Gasteiger partial charge in [0, 0.05) is 22.1 Å². The van der Waals surface area contributed by atoms with Gasteiger partial charge < -0.3 is 19.2 Å². The second kappa shape index (κ2) is 8.65. The third-order valence-electron chi connectivity index (χ3n) is 7.02. The van der Waals surface area contributed by atoms with Crippen LogP contribution in [0.5, 0.6) is 0 Å². The topological polar surface area (TPSA) is 129 Å². The lowest BCUT2D eigenvalue weighted by Crippen LogP contribution is -2.46.